The number of hydrogen-bond acceptors (Lipinski definition) is 5. The summed E-state index contributed by atoms with van der Waals surface area (Å²) in [6.45, 7) is 0. The summed E-state index contributed by atoms with van der Waals surface area (Å²) in [4.78, 5) is 11.1. The zero-order valence-corrected chi connectivity index (χ0v) is 14.5. The lowest BCUT2D eigenvalue weighted by Gasteiger charge is -2.14. The number of rotatable bonds is 7. The molecule has 130 valence electrons. The van der Waals surface area contributed by atoms with Gasteiger partial charge in [-0.3, -0.25) is 4.79 Å². The molecule has 2 N–H and O–H groups in total. The first-order valence-corrected chi connectivity index (χ1v) is 10.5. The highest BCUT2D eigenvalue weighted by Crippen LogP contribution is 2.19. The monoisotopic (exact) mass is 371 g/mol. The standard InChI is InChI=1S/C15H17NO6S2/c1-23(19,20)9-8-14(15(17)18)16-24(21,22)13-7-6-11-4-2-3-5-12(11)10-13/h2-7,10,14,16H,8-9H2,1H3,(H,17,18)/t14-/m0/s1. The van der Waals surface area contributed by atoms with E-state index in [4.69, 9.17) is 5.11 Å². The van der Waals surface area contributed by atoms with Crippen molar-refractivity contribution in [2.75, 3.05) is 12.0 Å². The molecule has 0 bridgehead atoms. The van der Waals surface area contributed by atoms with E-state index in [-0.39, 0.29) is 11.3 Å². The van der Waals surface area contributed by atoms with E-state index in [2.05, 4.69) is 4.72 Å². The molecule has 2 aromatic rings. The molecule has 0 spiro atoms. The van der Waals surface area contributed by atoms with Crippen molar-refractivity contribution in [1.82, 2.24) is 4.72 Å². The molecule has 24 heavy (non-hydrogen) atoms. The van der Waals surface area contributed by atoms with Gasteiger partial charge in [-0.05, 0) is 29.3 Å². The van der Waals surface area contributed by atoms with E-state index in [1.807, 2.05) is 12.1 Å². The van der Waals surface area contributed by atoms with Gasteiger partial charge in [-0.15, -0.1) is 0 Å². The summed E-state index contributed by atoms with van der Waals surface area (Å²) in [6, 6.07) is 10.1. The van der Waals surface area contributed by atoms with Crippen molar-refractivity contribution in [3.63, 3.8) is 0 Å². The number of carboxylic acid groups (broad SMARTS) is 1. The third kappa shape index (κ3) is 4.76. The van der Waals surface area contributed by atoms with Crippen LogP contribution < -0.4 is 4.72 Å². The quantitative estimate of drug-likeness (QED) is 0.750. The molecule has 0 aliphatic carbocycles. The van der Waals surface area contributed by atoms with Gasteiger partial charge in [0.25, 0.3) is 0 Å². The topological polar surface area (TPSA) is 118 Å². The number of aliphatic carboxylic acids is 1. The molecule has 0 aliphatic rings. The summed E-state index contributed by atoms with van der Waals surface area (Å²) in [5, 5.41) is 10.7. The van der Waals surface area contributed by atoms with Crippen LogP contribution in [0.5, 0.6) is 0 Å². The normalized spacial score (nSPS) is 13.7. The average Bonchev–Trinajstić information content (AvgIpc) is 2.49. The molecule has 2 rings (SSSR count). The molecule has 0 heterocycles. The summed E-state index contributed by atoms with van der Waals surface area (Å²) in [6.07, 6.45) is 0.616. The first-order valence-electron chi connectivity index (χ1n) is 7.00. The van der Waals surface area contributed by atoms with E-state index in [0.29, 0.717) is 5.39 Å². The Kier molecular flexibility index (Phi) is 5.26. The van der Waals surface area contributed by atoms with Crippen molar-refractivity contribution in [2.45, 2.75) is 17.4 Å². The Morgan fingerprint density at radius 2 is 1.71 bits per heavy atom. The van der Waals surface area contributed by atoms with Gasteiger partial charge in [0, 0.05) is 6.26 Å². The van der Waals surface area contributed by atoms with Gasteiger partial charge in [0.15, 0.2) is 0 Å². The summed E-state index contributed by atoms with van der Waals surface area (Å²) < 4.78 is 49.2. The Morgan fingerprint density at radius 1 is 1.08 bits per heavy atom. The Bertz CT molecular complexity index is 966. The number of sulfone groups is 1. The van der Waals surface area contributed by atoms with Crippen LogP contribution in [0.15, 0.2) is 47.4 Å². The molecule has 0 fully saturated rings. The second kappa shape index (κ2) is 6.88. The molecule has 2 aromatic carbocycles. The maximum absolute atomic E-state index is 12.4. The molecule has 7 nitrogen and oxygen atoms in total. The van der Waals surface area contributed by atoms with Gasteiger partial charge in [0.2, 0.25) is 10.0 Å². The summed E-state index contributed by atoms with van der Waals surface area (Å²) in [7, 11) is -7.49. The molecule has 0 saturated carbocycles. The van der Waals surface area contributed by atoms with Crippen LogP contribution >= 0.6 is 0 Å². The van der Waals surface area contributed by atoms with Crippen LogP contribution in [0.4, 0.5) is 0 Å². The number of nitrogens with one attached hydrogen (secondary N) is 1. The zero-order valence-electron chi connectivity index (χ0n) is 12.8. The number of fused-ring (bicyclic) bond motifs is 1. The van der Waals surface area contributed by atoms with Gasteiger partial charge in [-0.1, -0.05) is 30.3 Å². The minimum absolute atomic E-state index is 0.0770. The van der Waals surface area contributed by atoms with E-state index < -0.39 is 37.6 Å². The highest BCUT2D eigenvalue weighted by Gasteiger charge is 2.26. The van der Waals surface area contributed by atoms with Crippen molar-refractivity contribution < 1.29 is 26.7 Å². The fraction of sp³-hybridized carbons (Fsp3) is 0.267. The van der Waals surface area contributed by atoms with E-state index in [0.717, 1.165) is 11.6 Å². The SMILES string of the molecule is CS(=O)(=O)CC[C@H](NS(=O)(=O)c1ccc2ccccc2c1)C(=O)O. The number of carbonyl (C=O) groups is 1. The van der Waals surface area contributed by atoms with E-state index >= 15 is 0 Å². The second-order valence-corrected chi connectivity index (χ2v) is 9.41. The smallest absolute Gasteiger partial charge is 0.321 e. The van der Waals surface area contributed by atoms with E-state index in [9.17, 15) is 21.6 Å². The molecule has 0 unspecified atom stereocenters. The van der Waals surface area contributed by atoms with Gasteiger partial charge < -0.3 is 5.11 Å². The molecule has 9 heteroatoms. The highest BCUT2D eigenvalue weighted by molar-refractivity contribution is 7.90. The predicted molar refractivity (Wildman–Crippen MR) is 90.0 cm³/mol. The first kappa shape index (κ1) is 18.4. The fourth-order valence-electron chi connectivity index (χ4n) is 2.15. The van der Waals surface area contributed by atoms with Crippen LogP contribution in [0, 0.1) is 0 Å². The lowest BCUT2D eigenvalue weighted by Crippen LogP contribution is -2.41. The summed E-state index contributed by atoms with van der Waals surface area (Å²) >= 11 is 0. The largest absolute Gasteiger partial charge is 0.480 e. The Morgan fingerprint density at radius 3 is 2.29 bits per heavy atom. The highest BCUT2D eigenvalue weighted by atomic mass is 32.2. The molecule has 0 saturated heterocycles. The van der Waals surface area contributed by atoms with Crippen LogP contribution in [-0.2, 0) is 24.7 Å². The fourth-order valence-corrected chi connectivity index (χ4v) is 4.08. The Balaban J connectivity index is 2.28. The molecule has 0 radical (unpaired) electrons. The maximum Gasteiger partial charge on any atom is 0.321 e. The van der Waals surface area contributed by atoms with Crippen LogP contribution in [0.1, 0.15) is 6.42 Å². The van der Waals surface area contributed by atoms with Crippen molar-refractivity contribution in [3.8, 4) is 0 Å². The molecule has 0 aliphatic heterocycles. The molecule has 0 aromatic heterocycles. The number of carboxylic acids is 1. The lowest BCUT2D eigenvalue weighted by atomic mass is 10.1. The zero-order chi connectivity index (χ0) is 18.0. The molecular weight excluding hydrogens is 354 g/mol. The van der Waals surface area contributed by atoms with Gasteiger partial charge in [-0.25, -0.2) is 16.8 Å². The van der Waals surface area contributed by atoms with Crippen LogP contribution in [0.2, 0.25) is 0 Å². The van der Waals surface area contributed by atoms with Gasteiger partial charge in [0.05, 0.1) is 10.6 Å². The minimum atomic E-state index is -4.09. The Labute approximate surface area is 140 Å². The minimum Gasteiger partial charge on any atom is -0.480 e. The second-order valence-electron chi connectivity index (χ2n) is 5.44. The lowest BCUT2D eigenvalue weighted by molar-refractivity contribution is -0.139. The van der Waals surface area contributed by atoms with E-state index in [1.54, 1.807) is 18.2 Å². The Hall–Kier alpha value is -1.97. The maximum atomic E-state index is 12.4. The number of hydrogen-bond donors (Lipinski definition) is 2. The summed E-state index contributed by atoms with van der Waals surface area (Å²) in [5.74, 6) is -1.85. The van der Waals surface area contributed by atoms with Crippen molar-refractivity contribution in [3.05, 3.63) is 42.5 Å². The van der Waals surface area contributed by atoms with Gasteiger partial charge in [0.1, 0.15) is 15.9 Å². The summed E-state index contributed by atoms with van der Waals surface area (Å²) in [5.41, 5.74) is 0. The molecular formula is C15H17NO6S2. The van der Waals surface area contributed by atoms with Crippen molar-refractivity contribution in [2.24, 2.45) is 0 Å². The number of sulfonamides is 1. The van der Waals surface area contributed by atoms with Crippen molar-refractivity contribution >= 4 is 36.6 Å². The third-order valence-corrected chi connectivity index (χ3v) is 5.85. The van der Waals surface area contributed by atoms with Crippen LogP contribution in [0.25, 0.3) is 10.8 Å². The van der Waals surface area contributed by atoms with Crippen LogP contribution in [-0.4, -0.2) is 46.0 Å². The predicted octanol–water partition coefficient (Wildman–Crippen LogP) is 1.01. The van der Waals surface area contributed by atoms with Gasteiger partial charge in [-0.2, -0.15) is 4.72 Å². The molecule has 1 atom stereocenters. The van der Waals surface area contributed by atoms with Gasteiger partial charge >= 0.3 is 5.97 Å². The average molecular weight is 371 g/mol. The van der Waals surface area contributed by atoms with Crippen LogP contribution in [0.3, 0.4) is 0 Å². The van der Waals surface area contributed by atoms with E-state index in [1.165, 1.54) is 12.1 Å². The first-order chi connectivity index (χ1) is 11.1. The molecule has 0 amide bonds. The van der Waals surface area contributed by atoms with Crippen molar-refractivity contribution in [1.29, 1.82) is 0 Å². The number of benzene rings is 2. The third-order valence-electron chi connectivity index (χ3n) is 3.40.